The smallest absolute Gasteiger partial charge is 0.236 e. The molecular formula is C23H21ClN2O2. The molecule has 0 heterocycles. The Labute approximate surface area is 169 Å². The highest BCUT2D eigenvalue weighted by atomic mass is 35.5. The predicted molar refractivity (Wildman–Crippen MR) is 112 cm³/mol. The summed E-state index contributed by atoms with van der Waals surface area (Å²) >= 11 is 6.11. The third kappa shape index (κ3) is 5.44. The fraction of sp³-hybridized carbons (Fsp3) is 0.130. The quantitative estimate of drug-likeness (QED) is 0.598. The number of para-hydroxylation sites is 1. The molecule has 1 N–H and O–H groups in total. The summed E-state index contributed by atoms with van der Waals surface area (Å²) in [7, 11) is 0. The van der Waals surface area contributed by atoms with E-state index in [-0.39, 0.29) is 24.8 Å². The van der Waals surface area contributed by atoms with Crippen molar-refractivity contribution in [2.75, 3.05) is 4.90 Å². The van der Waals surface area contributed by atoms with Crippen LogP contribution in [-0.2, 0) is 22.7 Å². The van der Waals surface area contributed by atoms with E-state index < -0.39 is 0 Å². The molecule has 0 aliphatic heterocycles. The molecule has 4 nitrogen and oxygen atoms in total. The normalized spacial score (nSPS) is 10.3. The van der Waals surface area contributed by atoms with E-state index in [1.165, 1.54) is 0 Å². The number of halogens is 1. The van der Waals surface area contributed by atoms with Crippen LogP contribution in [0.5, 0.6) is 0 Å². The van der Waals surface area contributed by atoms with E-state index in [0.29, 0.717) is 11.6 Å². The molecule has 0 saturated heterocycles. The Balaban J connectivity index is 1.67. The van der Waals surface area contributed by atoms with Gasteiger partial charge in [-0.15, -0.1) is 0 Å². The molecule has 28 heavy (non-hydrogen) atoms. The van der Waals surface area contributed by atoms with Crippen molar-refractivity contribution in [2.24, 2.45) is 0 Å². The Morgan fingerprint density at radius 3 is 2.11 bits per heavy atom. The third-order valence-electron chi connectivity index (χ3n) is 4.30. The highest BCUT2D eigenvalue weighted by molar-refractivity contribution is 6.31. The third-order valence-corrected chi connectivity index (χ3v) is 4.67. The van der Waals surface area contributed by atoms with Gasteiger partial charge in [0.2, 0.25) is 11.8 Å². The van der Waals surface area contributed by atoms with Crippen molar-refractivity contribution in [1.29, 1.82) is 0 Å². The highest BCUT2D eigenvalue weighted by Crippen LogP contribution is 2.18. The van der Waals surface area contributed by atoms with E-state index in [1.807, 2.05) is 78.9 Å². The van der Waals surface area contributed by atoms with Gasteiger partial charge in [0.25, 0.3) is 0 Å². The summed E-state index contributed by atoms with van der Waals surface area (Å²) < 4.78 is 0. The molecule has 2 amide bonds. The number of nitrogens with one attached hydrogen (secondary N) is 1. The van der Waals surface area contributed by atoms with Crippen LogP contribution in [0.1, 0.15) is 17.5 Å². The lowest BCUT2D eigenvalue weighted by Gasteiger charge is -2.23. The van der Waals surface area contributed by atoms with Crippen molar-refractivity contribution < 1.29 is 9.59 Å². The molecule has 0 atom stereocenters. The zero-order valence-corrected chi connectivity index (χ0v) is 16.1. The molecule has 0 fully saturated rings. The molecule has 142 valence electrons. The van der Waals surface area contributed by atoms with Gasteiger partial charge in [-0.3, -0.25) is 9.59 Å². The van der Waals surface area contributed by atoms with E-state index in [2.05, 4.69) is 5.32 Å². The molecule has 0 aliphatic rings. The van der Waals surface area contributed by atoms with Gasteiger partial charge >= 0.3 is 0 Å². The number of hydrogen-bond acceptors (Lipinski definition) is 2. The lowest BCUT2D eigenvalue weighted by atomic mass is 10.1. The molecule has 0 bridgehead atoms. The maximum atomic E-state index is 12.9. The molecule has 0 saturated carbocycles. The van der Waals surface area contributed by atoms with Gasteiger partial charge in [-0.2, -0.15) is 0 Å². The molecule has 0 unspecified atom stereocenters. The van der Waals surface area contributed by atoms with Crippen LogP contribution in [0.2, 0.25) is 5.02 Å². The second-order valence-electron chi connectivity index (χ2n) is 6.35. The van der Waals surface area contributed by atoms with E-state index >= 15 is 0 Å². The van der Waals surface area contributed by atoms with Crippen LogP contribution in [0.15, 0.2) is 84.9 Å². The molecule has 0 aromatic heterocycles. The largest absolute Gasteiger partial charge is 0.352 e. The Hall–Kier alpha value is -3.11. The van der Waals surface area contributed by atoms with Crippen molar-refractivity contribution in [3.8, 4) is 0 Å². The van der Waals surface area contributed by atoms with Gasteiger partial charge in [0, 0.05) is 17.3 Å². The number of rotatable bonds is 7. The second kappa shape index (κ2) is 9.72. The number of amides is 2. The molecule has 5 heteroatoms. The van der Waals surface area contributed by atoms with Gasteiger partial charge in [0.15, 0.2) is 0 Å². The highest BCUT2D eigenvalue weighted by Gasteiger charge is 2.19. The standard InChI is InChI=1S/C23H21ClN2O2/c24-21-14-8-7-11-19(21)16-25-22(27)15-23(28)26(20-12-5-2-6-13-20)17-18-9-3-1-4-10-18/h1-14H,15-17H2,(H,25,27). The van der Waals surface area contributed by atoms with Gasteiger partial charge in [-0.25, -0.2) is 0 Å². The predicted octanol–water partition coefficient (Wildman–Crippen LogP) is 4.58. The molecular weight excluding hydrogens is 372 g/mol. The first kappa shape index (κ1) is 19.6. The number of carbonyl (C=O) groups excluding carboxylic acids is 2. The van der Waals surface area contributed by atoms with E-state index in [1.54, 1.807) is 11.0 Å². The first-order chi connectivity index (χ1) is 13.6. The number of nitrogens with zero attached hydrogens (tertiary/aromatic N) is 1. The maximum absolute atomic E-state index is 12.9. The maximum Gasteiger partial charge on any atom is 0.236 e. The van der Waals surface area contributed by atoms with Gasteiger partial charge in [-0.05, 0) is 29.3 Å². The zero-order valence-electron chi connectivity index (χ0n) is 15.3. The van der Waals surface area contributed by atoms with Crippen molar-refractivity contribution >= 4 is 29.1 Å². The summed E-state index contributed by atoms with van der Waals surface area (Å²) in [6.45, 7) is 0.692. The molecule has 0 aliphatic carbocycles. The van der Waals surface area contributed by atoms with E-state index in [4.69, 9.17) is 11.6 Å². The zero-order chi connectivity index (χ0) is 19.8. The summed E-state index contributed by atoms with van der Waals surface area (Å²) in [5.41, 5.74) is 2.57. The summed E-state index contributed by atoms with van der Waals surface area (Å²) in [5, 5.41) is 3.36. The van der Waals surface area contributed by atoms with Crippen LogP contribution >= 0.6 is 11.6 Å². The summed E-state index contributed by atoms with van der Waals surface area (Å²) in [5.74, 6) is -0.592. The molecule has 3 aromatic rings. The van der Waals surface area contributed by atoms with Crippen LogP contribution in [0.4, 0.5) is 5.69 Å². The van der Waals surface area contributed by atoms with Crippen LogP contribution in [0, 0.1) is 0 Å². The lowest BCUT2D eigenvalue weighted by Crippen LogP contribution is -2.35. The average Bonchev–Trinajstić information content (AvgIpc) is 2.73. The first-order valence-corrected chi connectivity index (χ1v) is 9.41. The van der Waals surface area contributed by atoms with Gasteiger partial charge < -0.3 is 10.2 Å². The SMILES string of the molecule is O=C(CC(=O)N(Cc1ccccc1)c1ccccc1)NCc1ccccc1Cl. The van der Waals surface area contributed by atoms with E-state index in [9.17, 15) is 9.59 Å². The first-order valence-electron chi connectivity index (χ1n) is 9.03. The van der Waals surface area contributed by atoms with Crippen LogP contribution in [-0.4, -0.2) is 11.8 Å². The summed E-state index contributed by atoms with van der Waals surface area (Å²) in [6.07, 6.45) is -0.230. The fourth-order valence-corrected chi connectivity index (χ4v) is 3.03. The summed E-state index contributed by atoms with van der Waals surface area (Å²) in [6, 6.07) is 26.4. The van der Waals surface area contributed by atoms with Crippen LogP contribution < -0.4 is 10.2 Å². The van der Waals surface area contributed by atoms with Gasteiger partial charge in [0.1, 0.15) is 6.42 Å². The lowest BCUT2D eigenvalue weighted by molar-refractivity contribution is -0.128. The van der Waals surface area contributed by atoms with Crippen molar-refractivity contribution in [3.63, 3.8) is 0 Å². The molecule has 3 rings (SSSR count). The fourth-order valence-electron chi connectivity index (χ4n) is 2.83. The van der Waals surface area contributed by atoms with Crippen molar-refractivity contribution in [2.45, 2.75) is 19.5 Å². The topological polar surface area (TPSA) is 49.4 Å². The minimum Gasteiger partial charge on any atom is -0.352 e. The number of carbonyl (C=O) groups is 2. The Kier molecular flexibility index (Phi) is 6.82. The van der Waals surface area contributed by atoms with Crippen LogP contribution in [0.25, 0.3) is 0 Å². The molecule has 0 radical (unpaired) electrons. The van der Waals surface area contributed by atoms with E-state index in [0.717, 1.165) is 16.8 Å². The van der Waals surface area contributed by atoms with Crippen molar-refractivity contribution in [1.82, 2.24) is 5.32 Å². The number of anilines is 1. The molecule has 0 spiro atoms. The van der Waals surface area contributed by atoms with Gasteiger partial charge in [0.05, 0.1) is 6.54 Å². The average molecular weight is 393 g/mol. The Morgan fingerprint density at radius 2 is 1.43 bits per heavy atom. The minimum absolute atomic E-state index is 0.230. The van der Waals surface area contributed by atoms with Gasteiger partial charge in [-0.1, -0.05) is 78.3 Å². The Morgan fingerprint density at radius 1 is 0.821 bits per heavy atom. The Bertz CT molecular complexity index is 930. The van der Waals surface area contributed by atoms with Crippen molar-refractivity contribution in [3.05, 3.63) is 101 Å². The minimum atomic E-state index is -0.334. The van der Waals surface area contributed by atoms with Crippen LogP contribution in [0.3, 0.4) is 0 Å². The number of hydrogen-bond donors (Lipinski definition) is 1. The second-order valence-corrected chi connectivity index (χ2v) is 6.75. The number of benzene rings is 3. The molecule has 3 aromatic carbocycles. The monoisotopic (exact) mass is 392 g/mol. The summed E-state index contributed by atoms with van der Waals surface area (Å²) in [4.78, 5) is 26.8.